The van der Waals surface area contributed by atoms with E-state index >= 15 is 0 Å². The van der Waals surface area contributed by atoms with Gasteiger partial charge in [-0.25, -0.2) is 0 Å². The van der Waals surface area contributed by atoms with Crippen LogP contribution in [0.15, 0.2) is 0 Å². The predicted molar refractivity (Wildman–Crippen MR) is 76.0 cm³/mol. The van der Waals surface area contributed by atoms with Gasteiger partial charge in [0.1, 0.15) is 0 Å². The second kappa shape index (κ2) is 12.1. The van der Waals surface area contributed by atoms with Crippen molar-refractivity contribution < 1.29 is 10.2 Å². The molecule has 0 radical (unpaired) electrons. The fourth-order valence-electron chi connectivity index (χ4n) is 1.57. The van der Waals surface area contributed by atoms with Crippen LogP contribution in [-0.4, -0.2) is 33.9 Å². The van der Waals surface area contributed by atoms with Gasteiger partial charge in [0.25, 0.3) is 0 Å². The Kier molecular flexibility index (Phi) is 12.6. The summed E-state index contributed by atoms with van der Waals surface area (Å²) in [7, 11) is 3.81. The van der Waals surface area contributed by atoms with E-state index in [1.54, 1.807) is 0 Å². The molecule has 0 aromatic rings. The zero-order valence-electron chi connectivity index (χ0n) is 10.5. The molecule has 0 fully saturated rings. The molecule has 0 aliphatic rings. The van der Waals surface area contributed by atoms with Crippen molar-refractivity contribution in [3.8, 4) is 0 Å². The molecule has 0 heterocycles. The molecule has 2 N–H and O–H groups in total. The van der Waals surface area contributed by atoms with Gasteiger partial charge < -0.3 is 10.2 Å². The Balaban J connectivity index is 3.83. The van der Waals surface area contributed by atoms with Crippen molar-refractivity contribution in [2.45, 2.75) is 62.9 Å². The summed E-state index contributed by atoms with van der Waals surface area (Å²) < 4.78 is 0. The molecule has 0 aliphatic heterocycles. The van der Waals surface area contributed by atoms with Crippen molar-refractivity contribution in [2.24, 2.45) is 0 Å². The minimum Gasteiger partial charge on any atom is -0.396 e. The van der Waals surface area contributed by atoms with Crippen LogP contribution in [0, 0.1) is 0 Å². The summed E-state index contributed by atoms with van der Waals surface area (Å²) in [5, 5.41) is 19.1. The van der Waals surface area contributed by atoms with Gasteiger partial charge in [0.05, 0.1) is 0 Å². The van der Waals surface area contributed by atoms with Gasteiger partial charge in [-0.15, -0.1) is 0 Å². The predicted octanol–water partition coefficient (Wildman–Crippen LogP) is 3.47. The molecule has 98 valence electrons. The number of aliphatic hydroxyl groups is 2. The first-order chi connectivity index (χ1) is 7.78. The van der Waals surface area contributed by atoms with E-state index in [0.29, 0.717) is 10.5 Å². The molecule has 0 unspecified atom stereocenters. The van der Waals surface area contributed by atoms with E-state index < -0.39 is 0 Å². The fourth-order valence-corrected chi connectivity index (χ4v) is 5.05. The molecule has 0 amide bonds. The number of hydrogen-bond donors (Lipinski definition) is 2. The Morgan fingerprint density at radius 3 is 1.38 bits per heavy atom. The van der Waals surface area contributed by atoms with Gasteiger partial charge in [0.15, 0.2) is 0 Å². The van der Waals surface area contributed by atoms with Crippen LogP contribution in [0.1, 0.15) is 52.4 Å². The lowest BCUT2D eigenvalue weighted by Crippen LogP contribution is -2.07. The van der Waals surface area contributed by atoms with Crippen LogP contribution in [0.4, 0.5) is 0 Å². The zero-order chi connectivity index (χ0) is 12.2. The first kappa shape index (κ1) is 16.6. The maximum atomic E-state index is 8.97. The van der Waals surface area contributed by atoms with Crippen LogP contribution < -0.4 is 0 Å². The first-order valence-electron chi connectivity index (χ1n) is 6.32. The smallest absolute Gasteiger partial charge is 0.0441 e. The van der Waals surface area contributed by atoms with E-state index in [9.17, 15) is 0 Å². The normalized spacial score (nSPS) is 15.0. The highest BCUT2D eigenvalue weighted by molar-refractivity contribution is 8.77. The van der Waals surface area contributed by atoms with Gasteiger partial charge in [-0.3, -0.25) is 0 Å². The molecule has 0 spiro atoms. The van der Waals surface area contributed by atoms with E-state index in [1.807, 2.05) is 21.6 Å². The number of aliphatic hydroxyl groups excluding tert-OH is 2. The summed E-state index contributed by atoms with van der Waals surface area (Å²) in [6, 6.07) is 0. The number of rotatable bonds is 11. The van der Waals surface area contributed by atoms with E-state index in [1.165, 1.54) is 25.7 Å². The highest BCUT2D eigenvalue weighted by atomic mass is 33.1. The summed E-state index contributed by atoms with van der Waals surface area (Å²) >= 11 is 0. The van der Waals surface area contributed by atoms with Crippen LogP contribution in [0.25, 0.3) is 0 Å². The van der Waals surface area contributed by atoms with Gasteiger partial charge in [-0.05, 0) is 25.7 Å². The Hall–Kier alpha value is 0.620. The average Bonchev–Trinajstić information content (AvgIpc) is 2.27. The first-order valence-corrected chi connectivity index (χ1v) is 8.59. The van der Waals surface area contributed by atoms with Gasteiger partial charge in [-0.1, -0.05) is 48.3 Å². The third-order valence-corrected chi connectivity index (χ3v) is 6.02. The van der Waals surface area contributed by atoms with Gasteiger partial charge in [0, 0.05) is 23.7 Å². The second-order valence-electron chi connectivity index (χ2n) is 4.04. The minimum absolute atomic E-state index is 0.288. The molecule has 0 aliphatic carbocycles. The Morgan fingerprint density at radius 2 is 1.12 bits per heavy atom. The summed E-state index contributed by atoms with van der Waals surface area (Å²) in [6.07, 6.45) is 6.49. The molecule has 2 nitrogen and oxygen atoms in total. The summed E-state index contributed by atoms with van der Waals surface area (Å²) in [5.74, 6) is 0. The molecule has 0 aromatic heterocycles. The molecule has 16 heavy (non-hydrogen) atoms. The largest absolute Gasteiger partial charge is 0.396 e. The van der Waals surface area contributed by atoms with Crippen LogP contribution in [-0.2, 0) is 0 Å². The molecule has 0 aromatic carbocycles. The van der Waals surface area contributed by atoms with E-state index in [4.69, 9.17) is 10.2 Å². The molecule has 0 saturated heterocycles. The Labute approximate surface area is 108 Å². The monoisotopic (exact) mass is 266 g/mol. The van der Waals surface area contributed by atoms with Crippen molar-refractivity contribution in [3.05, 3.63) is 0 Å². The van der Waals surface area contributed by atoms with Crippen LogP contribution in [0.5, 0.6) is 0 Å². The van der Waals surface area contributed by atoms with Crippen molar-refractivity contribution in [1.29, 1.82) is 0 Å². The molecule has 0 saturated carbocycles. The van der Waals surface area contributed by atoms with Crippen LogP contribution in [0.2, 0.25) is 0 Å². The molecular weight excluding hydrogens is 240 g/mol. The molecule has 2 atom stereocenters. The lowest BCUT2D eigenvalue weighted by atomic mass is 10.2. The third-order valence-electron chi connectivity index (χ3n) is 2.45. The van der Waals surface area contributed by atoms with Crippen molar-refractivity contribution in [2.75, 3.05) is 13.2 Å². The van der Waals surface area contributed by atoms with Gasteiger partial charge >= 0.3 is 0 Å². The van der Waals surface area contributed by atoms with Crippen molar-refractivity contribution in [1.82, 2.24) is 0 Å². The fraction of sp³-hybridized carbons (Fsp3) is 1.00. The summed E-state index contributed by atoms with van der Waals surface area (Å²) in [6.45, 7) is 4.95. The minimum atomic E-state index is 0.288. The van der Waals surface area contributed by atoms with Gasteiger partial charge in [-0.2, -0.15) is 0 Å². The lowest BCUT2D eigenvalue weighted by molar-refractivity contribution is 0.284. The molecule has 0 rings (SSSR count). The molecule has 0 bridgehead atoms. The average molecular weight is 266 g/mol. The van der Waals surface area contributed by atoms with Gasteiger partial charge in [0.2, 0.25) is 0 Å². The SMILES string of the molecule is CCC[C@H](CCO)SS[C@H](CCC)CCO. The summed E-state index contributed by atoms with van der Waals surface area (Å²) in [4.78, 5) is 0. The second-order valence-corrected chi connectivity index (χ2v) is 6.91. The quantitative estimate of drug-likeness (QED) is 0.562. The summed E-state index contributed by atoms with van der Waals surface area (Å²) in [5.41, 5.74) is 0. The molecular formula is C12H26O2S2. The van der Waals surface area contributed by atoms with Crippen molar-refractivity contribution in [3.63, 3.8) is 0 Å². The Bertz CT molecular complexity index is 117. The highest BCUT2D eigenvalue weighted by Crippen LogP contribution is 2.37. The highest BCUT2D eigenvalue weighted by Gasteiger charge is 2.13. The van der Waals surface area contributed by atoms with Crippen molar-refractivity contribution >= 4 is 21.6 Å². The topological polar surface area (TPSA) is 40.5 Å². The lowest BCUT2D eigenvalue weighted by Gasteiger charge is -2.18. The van der Waals surface area contributed by atoms with E-state index in [-0.39, 0.29) is 13.2 Å². The van der Waals surface area contributed by atoms with Crippen LogP contribution >= 0.6 is 21.6 Å². The number of hydrogen-bond acceptors (Lipinski definition) is 4. The van der Waals surface area contributed by atoms with Crippen LogP contribution in [0.3, 0.4) is 0 Å². The standard InChI is InChI=1S/C12H26O2S2/c1-3-5-11(7-9-13)15-16-12(6-4-2)8-10-14/h11-14H,3-10H2,1-2H3/t11-,12-/m1/s1. The van der Waals surface area contributed by atoms with E-state index in [2.05, 4.69) is 13.8 Å². The Morgan fingerprint density at radius 1 is 0.750 bits per heavy atom. The molecule has 4 heteroatoms. The maximum absolute atomic E-state index is 8.97. The maximum Gasteiger partial charge on any atom is 0.0441 e. The zero-order valence-corrected chi connectivity index (χ0v) is 12.2. The third kappa shape index (κ3) is 8.74. The van der Waals surface area contributed by atoms with E-state index in [0.717, 1.165) is 12.8 Å².